The quantitative estimate of drug-likeness (QED) is 0.905. The Morgan fingerprint density at radius 2 is 2.12 bits per heavy atom. The lowest BCUT2D eigenvalue weighted by Gasteiger charge is -2.54. The van der Waals surface area contributed by atoms with Gasteiger partial charge in [0.05, 0.1) is 6.10 Å². The molecule has 2 fully saturated rings. The topological polar surface area (TPSA) is 66.6 Å². The molecule has 2 heterocycles. The Kier molecular flexibility index (Phi) is 3.83. The van der Waals surface area contributed by atoms with Crippen LogP contribution in [0.1, 0.15) is 42.7 Å². The van der Waals surface area contributed by atoms with Gasteiger partial charge in [-0.1, -0.05) is 5.16 Å². The number of benzene rings is 1. The highest BCUT2D eigenvalue weighted by atomic mass is 19.1. The molecule has 1 aliphatic heterocycles. The maximum absolute atomic E-state index is 13.9. The smallest absolute Gasteiger partial charge is 0.292 e. The molecule has 0 radical (unpaired) electrons. The molecule has 1 N–H and O–H groups in total. The molecule has 1 amide bonds. The molecule has 4 rings (SSSR count). The first-order chi connectivity index (χ1) is 12.0. The predicted octanol–water partition coefficient (Wildman–Crippen LogP) is 3.14. The van der Waals surface area contributed by atoms with Gasteiger partial charge >= 0.3 is 0 Å². The number of hydrogen-bond donors (Lipinski definition) is 1. The molecule has 1 unspecified atom stereocenters. The molecule has 1 aromatic carbocycles. The normalized spacial score (nSPS) is 22.0. The molecule has 1 spiro atoms. The van der Waals surface area contributed by atoms with Crippen LogP contribution >= 0.6 is 0 Å². The third-order valence-corrected chi connectivity index (χ3v) is 5.33. The second kappa shape index (κ2) is 5.91. The number of aromatic nitrogens is 1. The zero-order valence-electron chi connectivity index (χ0n) is 13.5. The van der Waals surface area contributed by atoms with Crippen molar-refractivity contribution >= 4 is 5.91 Å². The Hall–Kier alpha value is -2.28. The third kappa shape index (κ3) is 2.72. The van der Waals surface area contributed by atoms with Crippen LogP contribution in [-0.4, -0.2) is 39.3 Å². The van der Waals surface area contributed by atoms with Crippen LogP contribution in [0.4, 0.5) is 8.78 Å². The highest BCUT2D eigenvalue weighted by Crippen LogP contribution is 2.45. The minimum Gasteiger partial charge on any atom is -0.393 e. The molecular weight excluding hydrogens is 330 g/mol. The standard InChI is InChI=1S/C18H18F2N2O3/c19-11-2-3-14(20)13(8-11)15-9-16(25-21-15)17(24)22-7-4-12(23)10-18(22)5-1-6-18/h2-3,8-9,12,23H,1,4-7,10H2. The summed E-state index contributed by atoms with van der Waals surface area (Å²) >= 11 is 0. The number of aliphatic hydroxyl groups is 1. The number of carbonyl (C=O) groups is 1. The summed E-state index contributed by atoms with van der Waals surface area (Å²) in [5.41, 5.74) is -0.276. The zero-order valence-corrected chi connectivity index (χ0v) is 13.5. The second-order valence-corrected chi connectivity index (χ2v) is 6.88. The van der Waals surface area contributed by atoms with Gasteiger partial charge in [-0.2, -0.15) is 0 Å². The number of hydrogen-bond acceptors (Lipinski definition) is 4. The van der Waals surface area contributed by atoms with Crippen molar-refractivity contribution in [3.8, 4) is 11.3 Å². The Morgan fingerprint density at radius 1 is 1.32 bits per heavy atom. The van der Waals surface area contributed by atoms with E-state index < -0.39 is 17.7 Å². The van der Waals surface area contributed by atoms with Gasteiger partial charge in [0, 0.05) is 23.7 Å². The van der Waals surface area contributed by atoms with E-state index >= 15 is 0 Å². The minimum absolute atomic E-state index is 0.00123. The van der Waals surface area contributed by atoms with E-state index in [1.807, 2.05) is 0 Å². The van der Waals surface area contributed by atoms with Gasteiger partial charge in [-0.15, -0.1) is 0 Å². The van der Waals surface area contributed by atoms with Gasteiger partial charge in [-0.05, 0) is 50.3 Å². The van der Waals surface area contributed by atoms with Crippen molar-refractivity contribution in [3.05, 3.63) is 41.7 Å². The number of halogens is 2. The van der Waals surface area contributed by atoms with Crippen LogP contribution in [0.15, 0.2) is 28.8 Å². The van der Waals surface area contributed by atoms with Crippen molar-refractivity contribution in [2.45, 2.75) is 43.7 Å². The van der Waals surface area contributed by atoms with Crippen molar-refractivity contribution in [3.63, 3.8) is 0 Å². The lowest BCUT2D eigenvalue weighted by Crippen LogP contribution is -2.61. The summed E-state index contributed by atoms with van der Waals surface area (Å²) in [6.45, 7) is 0.449. The van der Waals surface area contributed by atoms with E-state index in [-0.39, 0.29) is 28.5 Å². The summed E-state index contributed by atoms with van der Waals surface area (Å²) in [6, 6.07) is 4.39. The van der Waals surface area contributed by atoms with Gasteiger partial charge in [0.1, 0.15) is 17.3 Å². The zero-order chi connectivity index (χ0) is 17.6. The van der Waals surface area contributed by atoms with Crippen LogP contribution in [0.3, 0.4) is 0 Å². The maximum atomic E-state index is 13.9. The second-order valence-electron chi connectivity index (χ2n) is 6.88. The fraction of sp³-hybridized carbons (Fsp3) is 0.444. The lowest BCUT2D eigenvalue weighted by molar-refractivity contribution is -0.0499. The van der Waals surface area contributed by atoms with Crippen LogP contribution < -0.4 is 0 Å². The molecule has 1 aliphatic carbocycles. The lowest BCUT2D eigenvalue weighted by atomic mass is 9.69. The summed E-state index contributed by atoms with van der Waals surface area (Å²) in [7, 11) is 0. The van der Waals surface area contributed by atoms with Crippen molar-refractivity contribution in [1.29, 1.82) is 0 Å². The van der Waals surface area contributed by atoms with E-state index in [1.165, 1.54) is 6.07 Å². The summed E-state index contributed by atoms with van der Waals surface area (Å²) in [5, 5.41) is 13.7. The number of likely N-dealkylation sites (tertiary alicyclic amines) is 1. The summed E-state index contributed by atoms with van der Waals surface area (Å²) < 4.78 is 32.4. The monoisotopic (exact) mass is 348 g/mol. The van der Waals surface area contributed by atoms with E-state index in [0.29, 0.717) is 19.4 Å². The first-order valence-electron chi connectivity index (χ1n) is 8.41. The van der Waals surface area contributed by atoms with Crippen molar-refractivity contribution < 1.29 is 23.2 Å². The summed E-state index contributed by atoms with van der Waals surface area (Å²) in [6.07, 6.45) is 3.43. The fourth-order valence-electron chi connectivity index (χ4n) is 3.87. The van der Waals surface area contributed by atoms with Crippen LogP contribution in [0.2, 0.25) is 0 Å². The van der Waals surface area contributed by atoms with Gasteiger partial charge in [-0.25, -0.2) is 8.78 Å². The molecule has 2 aliphatic rings. The molecule has 1 atom stereocenters. The molecule has 2 aromatic rings. The first-order valence-corrected chi connectivity index (χ1v) is 8.41. The molecule has 1 saturated heterocycles. The number of nitrogens with zero attached hydrogens (tertiary/aromatic N) is 2. The van der Waals surface area contributed by atoms with Crippen molar-refractivity contribution in [2.24, 2.45) is 0 Å². The number of piperidine rings is 1. The maximum Gasteiger partial charge on any atom is 0.292 e. The van der Waals surface area contributed by atoms with E-state index in [1.54, 1.807) is 4.90 Å². The SMILES string of the molecule is O=C(c1cc(-c2cc(F)ccc2F)no1)N1CCC(O)CC12CCC2. The Bertz CT molecular complexity index is 816. The Morgan fingerprint density at radius 3 is 2.84 bits per heavy atom. The largest absolute Gasteiger partial charge is 0.393 e. The van der Waals surface area contributed by atoms with Crippen LogP contribution in [0, 0.1) is 11.6 Å². The highest BCUT2D eigenvalue weighted by molar-refractivity contribution is 5.93. The highest BCUT2D eigenvalue weighted by Gasteiger charge is 2.49. The summed E-state index contributed by atoms with van der Waals surface area (Å²) in [4.78, 5) is 14.6. The Balaban J connectivity index is 1.61. The molecule has 25 heavy (non-hydrogen) atoms. The molecule has 1 saturated carbocycles. The molecular formula is C18H18F2N2O3. The molecule has 0 bridgehead atoms. The molecule has 1 aromatic heterocycles. The van der Waals surface area contributed by atoms with Gasteiger partial charge < -0.3 is 14.5 Å². The van der Waals surface area contributed by atoms with Gasteiger partial charge in [0.25, 0.3) is 5.91 Å². The molecule has 5 nitrogen and oxygen atoms in total. The van der Waals surface area contributed by atoms with Crippen molar-refractivity contribution in [1.82, 2.24) is 10.1 Å². The van der Waals surface area contributed by atoms with E-state index in [9.17, 15) is 18.7 Å². The van der Waals surface area contributed by atoms with E-state index in [0.717, 1.165) is 37.5 Å². The Labute approximate surface area is 143 Å². The molecule has 132 valence electrons. The number of rotatable bonds is 2. The van der Waals surface area contributed by atoms with Crippen LogP contribution in [0.25, 0.3) is 11.3 Å². The molecule has 7 heteroatoms. The number of carbonyl (C=O) groups excluding carboxylic acids is 1. The van der Waals surface area contributed by atoms with E-state index in [2.05, 4.69) is 5.16 Å². The third-order valence-electron chi connectivity index (χ3n) is 5.33. The summed E-state index contributed by atoms with van der Waals surface area (Å²) in [5.74, 6) is -1.54. The number of amides is 1. The van der Waals surface area contributed by atoms with Gasteiger partial charge in [0.2, 0.25) is 5.76 Å². The van der Waals surface area contributed by atoms with Crippen LogP contribution in [-0.2, 0) is 0 Å². The average molecular weight is 348 g/mol. The minimum atomic E-state index is -0.634. The van der Waals surface area contributed by atoms with Gasteiger partial charge in [0.15, 0.2) is 0 Å². The van der Waals surface area contributed by atoms with Gasteiger partial charge in [-0.3, -0.25) is 4.79 Å². The number of aliphatic hydroxyl groups excluding tert-OH is 1. The van der Waals surface area contributed by atoms with E-state index in [4.69, 9.17) is 4.52 Å². The fourth-order valence-corrected chi connectivity index (χ4v) is 3.87. The predicted molar refractivity (Wildman–Crippen MR) is 84.7 cm³/mol. The van der Waals surface area contributed by atoms with Crippen LogP contribution in [0.5, 0.6) is 0 Å². The average Bonchev–Trinajstić information content (AvgIpc) is 3.04. The first kappa shape index (κ1) is 16.2. The van der Waals surface area contributed by atoms with Crippen molar-refractivity contribution in [2.75, 3.05) is 6.54 Å².